The van der Waals surface area contributed by atoms with Crippen LogP contribution < -0.4 is 9.47 Å². The fourth-order valence-corrected chi connectivity index (χ4v) is 4.38. The summed E-state index contributed by atoms with van der Waals surface area (Å²) in [6.45, 7) is 0.205. The lowest BCUT2D eigenvalue weighted by Gasteiger charge is -2.14. The first-order valence-electron chi connectivity index (χ1n) is 12.2. The second kappa shape index (κ2) is 11.3. The molecule has 1 N–H and O–H groups in total. The average molecular weight is 580 g/mol. The fourth-order valence-electron chi connectivity index (χ4n) is 4.21. The molecule has 0 atom stereocenters. The largest absolute Gasteiger partial charge is 0.497 e. The van der Waals surface area contributed by atoms with Crippen LogP contribution in [0.2, 0.25) is 5.02 Å². The molecule has 41 heavy (non-hydrogen) atoms. The normalized spacial score (nSPS) is 11.3. The number of pyridine rings is 1. The highest BCUT2D eigenvalue weighted by Gasteiger charge is 2.41. The van der Waals surface area contributed by atoms with Gasteiger partial charge in [-0.25, -0.2) is 14.5 Å². The van der Waals surface area contributed by atoms with Gasteiger partial charge in [-0.1, -0.05) is 54.1 Å². The Hall–Kier alpha value is -4.83. The number of benzene rings is 3. The number of carboxylic acids is 1. The summed E-state index contributed by atoms with van der Waals surface area (Å²) in [6.07, 6.45) is -4.33. The number of carbonyl (C=O) groups is 1. The predicted molar refractivity (Wildman–Crippen MR) is 147 cm³/mol. The molecule has 5 rings (SSSR count). The standard InChI is InChI=1S/C30H21ClF3N3O4/c1-40-22-12-9-20(10-13-22)19-7-5-18(6-8-19)17-41-26-14-11-21(31)15-23(26)25-3-2-4-27(36-25)37-28(30(32,33)34)24(16-35-37)29(38)39/h2-16H,17H2,1H3,(H,38,39). The van der Waals surface area contributed by atoms with Crippen molar-refractivity contribution < 1.29 is 32.5 Å². The smallest absolute Gasteiger partial charge is 0.434 e. The molecule has 0 aliphatic rings. The van der Waals surface area contributed by atoms with E-state index in [0.717, 1.165) is 22.4 Å². The fraction of sp³-hybridized carbons (Fsp3) is 0.100. The average Bonchev–Trinajstić information content (AvgIpc) is 3.44. The van der Waals surface area contributed by atoms with Crippen molar-refractivity contribution in [1.82, 2.24) is 14.8 Å². The van der Waals surface area contributed by atoms with Gasteiger partial charge in [0, 0.05) is 10.6 Å². The second-order valence-corrected chi connectivity index (χ2v) is 9.29. The Bertz CT molecular complexity index is 1700. The van der Waals surface area contributed by atoms with Gasteiger partial charge >= 0.3 is 12.1 Å². The zero-order valence-electron chi connectivity index (χ0n) is 21.4. The molecule has 2 heterocycles. The molecule has 0 fully saturated rings. The molecular formula is C30H21ClF3N3O4. The number of hydrogen-bond acceptors (Lipinski definition) is 5. The highest BCUT2D eigenvalue weighted by molar-refractivity contribution is 6.31. The van der Waals surface area contributed by atoms with Crippen LogP contribution in [0.15, 0.2) is 91.1 Å². The molecule has 0 aliphatic carbocycles. The van der Waals surface area contributed by atoms with Crippen molar-refractivity contribution in [3.8, 4) is 39.7 Å². The summed E-state index contributed by atoms with van der Waals surface area (Å²) < 4.78 is 53.0. The van der Waals surface area contributed by atoms with Crippen molar-refractivity contribution in [3.63, 3.8) is 0 Å². The maximum Gasteiger partial charge on any atom is 0.434 e. The van der Waals surface area contributed by atoms with Crippen LogP contribution in [0, 0.1) is 0 Å². The minimum absolute atomic E-state index is 0.205. The third-order valence-corrected chi connectivity index (χ3v) is 6.44. The summed E-state index contributed by atoms with van der Waals surface area (Å²) in [6, 6.07) is 24.8. The molecule has 3 aromatic carbocycles. The van der Waals surface area contributed by atoms with Gasteiger partial charge in [0.25, 0.3) is 0 Å². The molecule has 0 saturated heterocycles. The van der Waals surface area contributed by atoms with Crippen molar-refractivity contribution in [2.24, 2.45) is 0 Å². The van der Waals surface area contributed by atoms with Gasteiger partial charge in [0.2, 0.25) is 0 Å². The first-order valence-corrected chi connectivity index (χ1v) is 12.5. The predicted octanol–water partition coefficient (Wildman–Crippen LogP) is 7.56. The van der Waals surface area contributed by atoms with Crippen LogP contribution in [0.1, 0.15) is 21.6 Å². The summed E-state index contributed by atoms with van der Waals surface area (Å²) >= 11 is 6.24. The third-order valence-electron chi connectivity index (χ3n) is 6.21. The maximum absolute atomic E-state index is 13.7. The number of ether oxygens (including phenoxy) is 2. The third kappa shape index (κ3) is 6.02. The van der Waals surface area contributed by atoms with E-state index in [0.29, 0.717) is 27.2 Å². The van der Waals surface area contributed by atoms with Gasteiger partial charge in [-0.05, 0) is 59.2 Å². The quantitative estimate of drug-likeness (QED) is 0.204. The monoisotopic (exact) mass is 579 g/mol. The number of hydrogen-bond donors (Lipinski definition) is 1. The summed E-state index contributed by atoms with van der Waals surface area (Å²) in [5.74, 6) is -0.793. The van der Waals surface area contributed by atoms with Crippen LogP contribution in [0.25, 0.3) is 28.2 Å². The molecule has 208 valence electrons. The molecule has 0 bridgehead atoms. The zero-order valence-corrected chi connectivity index (χ0v) is 22.1. The van der Waals surface area contributed by atoms with Gasteiger partial charge in [0.15, 0.2) is 11.5 Å². The Balaban J connectivity index is 1.41. The number of aromatic nitrogens is 3. The Morgan fingerprint density at radius 3 is 2.29 bits per heavy atom. The Labute approximate surface area is 237 Å². The minimum Gasteiger partial charge on any atom is -0.497 e. The topological polar surface area (TPSA) is 86.5 Å². The van der Waals surface area contributed by atoms with E-state index in [1.54, 1.807) is 31.4 Å². The van der Waals surface area contributed by atoms with E-state index < -0.39 is 23.4 Å². The lowest BCUT2D eigenvalue weighted by molar-refractivity contribution is -0.143. The SMILES string of the molecule is COc1ccc(-c2ccc(COc3ccc(Cl)cc3-c3cccc(-n4ncc(C(=O)O)c4C(F)(F)F)n3)cc2)cc1. The highest BCUT2D eigenvalue weighted by atomic mass is 35.5. The molecule has 0 unspecified atom stereocenters. The van der Waals surface area contributed by atoms with Gasteiger partial charge in [0.1, 0.15) is 23.7 Å². The molecule has 7 nitrogen and oxygen atoms in total. The summed E-state index contributed by atoms with van der Waals surface area (Å²) in [5.41, 5.74) is 1.23. The molecule has 0 spiro atoms. The first kappa shape index (κ1) is 27.7. The molecule has 0 radical (unpaired) electrons. The molecular weight excluding hydrogens is 559 g/mol. The van der Waals surface area contributed by atoms with E-state index in [4.69, 9.17) is 21.1 Å². The molecule has 2 aromatic heterocycles. The van der Waals surface area contributed by atoms with E-state index in [1.165, 1.54) is 12.1 Å². The highest BCUT2D eigenvalue weighted by Crippen LogP contribution is 2.36. The van der Waals surface area contributed by atoms with Crippen molar-refractivity contribution >= 4 is 17.6 Å². The number of rotatable bonds is 8. The minimum atomic E-state index is -4.98. The number of aromatic carboxylic acids is 1. The van der Waals surface area contributed by atoms with Crippen LogP contribution in [-0.2, 0) is 12.8 Å². The second-order valence-electron chi connectivity index (χ2n) is 8.86. The van der Waals surface area contributed by atoms with E-state index in [1.807, 2.05) is 48.5 Å². The van der Waals surface area contributed by atoms with E-state index in [9.17, 15) is 23.1 Å². The summed E-state index contributed by atoms with van der Waals surface area (Å²) in [4.78, 5) is 15.7. The molecule has 0 amide bonds. The molecule has 5 aromatic rings. The number of halogens is 4. The van der Waals surface area contributed by atoms with Gasteiger partial charge in [0.05, 0.1) is 19.0 Å². The lowest BCUT2D eigenvalue weighted by atomic mass is 10.0. The molecule has 0 aliphatic heterocycles. The Morgan fingerprint density at radius 1 is 0.976 bits per heavy atom. The summed E-state index contributed by atoms with van der Waals surface area (Å²) in [5, 5.41) is 13.2. The van der Waals surface area contributed by atoms with Gasteiger partial charge < -0.3 is 14.6 Å². The lowest BCUT2D eigenvalue weighted by Crippen LogP contribution is -2.18. The summed E-state index contributed by atoms with van der Waals surface area (Å²) in [7, 11) is 1.61. The number of alkyl halides is 3. The van der Waals surface area contributed by atoms with Crippen LogP contribution in [0.3, 0.4) is 0 Å². The number of carboxylic acid groups (broad SMARTS) is 1. The van der Waals surface area contributed by atoms with Crippen LogP contribution >= 0.6 is 11.6 Å². The molecule has 11 heteroatoms. The molecule has 0 saturated carbocycles. The van der Waals surface area contributed by atoms with E-state index in [2.05, 4.69) is 10.1 Å². The van der Waals surface area contributed by atoms with Gasteiger partial charge in [-0.2, -0.15) is 18.3 Å². The number of nitrogens with zero attached hydrogens (tertiary/aromatic N) is 3. The van der Waals surface area contributed by atoms with Crippen LogP contribution in [-0.4, -0.2) is 33.0 Å². The van der Waals surface area contributed by atoms with Crippen molar-refractivity contribution in [3.05, 3.63) is 113 Å². The van der Waals surface area contributed by atoms with Crippen LogP contribution in [0.4, 0.5) is 13.2 Å². The van der Waals surface area contributed by atoms with Crippen molar-refractivity contribution in [2.75, 3.05) is 7.11 Å². The number of methoxy groups -OCH3 is 1. The van der Waals surface area contributed by atoms with Gasteiger partial charge in [-0.15, -0.1) is 0 Å². The Morgan fingerprint density at radius 2 is 1.66 bits per heavy atom. The van der Waals surface area contributed by atoms with Crippen LogP contribution in [0.5, 0.6) is 11.5 Å². The zero-order chi connectivity index (χ0) is 29.1. The van der Waals surface area contributed by atoms with E-state index in [-0.39, 0.29) is 18.1 Å². The maximum atomic E-state index is 13.7. The van der Waals surface area contributed by atoms with E-state index >= 15 is 0 Å². The first-order chi connectivity index (χ1) is 19.6. The van der Waals surface area contributed by atoms with Crippen molar-refractivity contribution in [2.45, 2.75) is 12.8 Å². The van der Waals surface area contributed by atoms with Crippen molar-refractivity contribution in [1.29, 1.82) is 0 Å². The van der Waals surface area contributed by atoms with Gasteiger partial charge in [-0.3, -0.25) is 0 Å². The Kier molecular flexibility index (Phi) is 7.67.